The summed E-state index contributed by atoms with van der Waals surface area (Å²) < 4.78 is 24.2. The van der Waals surface area contributed by atoms with Crippen molar-refractivity contribution in [3.05, 3.63) is 53.6 Å². The lowest BCUT2D eigenvalue weighted by atomic mass is 9.86. The van der Waals surface area contributed by atoms with Gasteiger partial charge < -0.3 is 10.6 Å². The minimum absolute atomic E-state index is 0. The number of halogens is 1. The molecule has 2 aliphatic heterocycles. The van der Waals surface area contributed by atoms with Gasteiger partial charge in [0.15, 0.2) is 9.84 Å². The van der Waals surface area contributed by atoms with Crippen LogP contribution in [-0.4, -0.2) is 40.2 Å². The third kappa shape index (κ3) is 3.24. The number of carbonyl (C=O) groups is 1. The molecule has 0 aliphatic carbocycles. The predicted octanol–water partition coefficient (Wildman–Crippen LogP) is 2.23. The van der Waals surface area contributed by atoms with Crippen LogP contribution in [0.2, 0.25) is 0 Å². The molecule has 0 radical (unpaired) electrons. The van der Waals surface area contributed by atoms with Crippen molar-refractivity contribution in [3.63, 3.8) is 0 Å². The first-order valence-corrected chi connectivity index (χ1v) is 10.3. The molecule has 1 amide bonds. The fourth-order valence-electron chi connectivity index (χ4n) is 3.90. The van der Waals surface area contributed by atoms with Gasteiger partial charge in [-0.05, 0) is 29.2 Å². The standard InChI is InChI=1S/C19H20N2O3S.ClH/c1-25(23,24)18-5-3-2-4-14(18)12-6-7-15-16(8-12)19(22)21-10-13-9-20-11-17(13)15;/h2-8,13,17,20H,9-11H2,1H3,(H,21,22);1H/t13-,17+;/m0./s1. The molecule has 2 atom stereocenters. The monoisotopic (exact) mass is 392 g/mol. The van der Waals surface area contributed by atoms with E-state index < -0.39 is 9.84 Å². The van der Waals surface area contributed by atoms with E-state index in [0.717, 1.165) is 24.2 Å². The number of hydrogen-bond acceptors (Lipinski definition) is 4. The lowest BCUT2D eigenvalue weighted by molar-refractivity contribution is 0.0952. The number of fused-ring (bicyclic) bond motifs is 3. The predicted molar refractivity (Wildman–Crippen MR) is 104 cm³/mol. The molecule has 1 fully saturated rings. The van der Waals surface area contributed by atoms with Gasteiger partial charge in [0, 0.05) is 42.9 Å². The molecule has 0 bridgehead atoms. The summed E-state index contributed by atoms with van der Waals surface area (Å²) in [5.74, 6) is 0.635. The van der Waals surface area contributed by atoms with Gasteiger partial charge in [-0.2, -0.15) is 0 Å². The molecule has 2 aromatic rings. The van der Waals surface area contributed by atoms with Crippen LogP contribution in [0.25, 0.3) is 11.1 Å². The summed E-state index contributed by atoms with van der Waals surface area (Å²) in [5, 5.41) is 6.39. The van der Waals surface area contributed by atoms with Crippen LogP contribution in [0, 0.1) is 5.92 Å². The molecule has 2 aromatic carbocycles. The second-order valence-corrected chi connectivity index (χ2v) is 8.79. The van der Waals surface area contributed by atoms with E-state index >= 15 is 0 Å². The smallest absolute Gasteiger partial charge is 0.251 e. The molecule has 5 nitrogen and oxygen atoms in total. The van der Waals surface area contributed by atoms with Crippen molar-refractivity contribution >= 4 is 28.2 Å². The molecule has 0 spiro atoms. The molecular weight excluding hydrogens is 372 g/mol. The highest BCUT2D eigenvalue weighted by Crippen LogP contribution is 2.36. The SMILES string of the molecule is CS(=O)(=O)c1ccccc1-c1ccc2c(c1)C(=O)NC[C@@H]1CNC[C@@H]21.Cl. The number of nitrogens with one attached hydrogen (secondary N) is 2. The molecule has 0 aromatic heterocycles. The van der Waals surface area contributed by atoms with E-state index in [1.807, 2.05) is 24.3 Å². The van der Waals surface area contributed by atoms with Gasteiger partial charge >= 0.3 is 0 Å². The van der Waals surface area contributed by atoms with Crippen molar-refractivity contribution in [3.8, 4) is 11.1 Å². The van der Waals surface area contributed by atoms with E-state index in [1.54, 1.807) is 18.2 Å². The van der Waals surface area contributed by atoms with Gasteiger partial charge in [0.05, 0.1) is 4.90 Å². The lowest BCUT2D eigenvalue weighted by Gasteiger charge is -2.17. The number of benzene rings is 2. The maximum Gasteiger partial charge on any atom is 0.251 e. The molecule has 138 valence electrons. The third-order valence-electron chi connectivity index (χ3n) is 5.16. The van der Waals surface area contributed by atoms with Gasteiger partial charge in [-0.15, -0.1) is 12.4 Å². The van der Waals surface area contributed by atoms with Crippen molar-refractivity contribution in [2.24, 2.45) is 5.92 Å². The number of amides is 1. The van der Waals surface area contributed by atoms with E-state index in [2.05, 4.69) is 10.6 Å². The zero-order chi connectivity index (χ0) is 17.6. The maximum atomic E-state index is 12.6. The van der Waals surface area contributed by atoms with Crippen LogP contribution in [0.4, 0.5) is 0 Å². The second-order valence-electron chi connectivity index (χ2n) is 6.81. The Kier molecular flexibility index (Phi) is 5.10. The number of carbonyl (C=O) groups excluding carboxylic acids is 1. The van der Waals surface area contributed by atoms with Gasteiger partial charge in [-0.1, -0.05) is 30.3 Å². The molecule has 4 rings (SSSR count). The van der Waals surface area contributed by atoms with Crippen molar-refractivity contribution < 1.29 is 13.2 Å². The van der Waals surface area contributed by atoms with Crippen molar-refractivity contribution in [2.45, 2.75) is 10.8 Å². The summed E-state index contributed by atoms with van der Waals surface area (Å²) in [6.07, 6.45) is 1.21. The highest BCUT2D eigenvalue weighted by Gasteiger charge is 2.34. The van der Waals surface area contributed by atoms with Crippen LogP contribution >= 0.6 is 12.4 Å². The fourth-order valence-corrected chi connectivity index (χ4v) is 4.81. The topological polar surface area (TPSA) is 75.3 Å². The fraction of sp³-hybridized carbons (Fsp3) is 0.316. The number of hydrogen-bond donors (Lipinski definition) is 2. The van der Waals surface area contributed by atoms with Gasteiger partial charge in [0.1, 0.15) is 0 Å². The molecule has 1 saturated heterocycles. The molecule has 0 unspecified atom stereocenters. The van der Waals surface area contributed by atoms with Crippen LogP contribution in [0.3, 0.4) is 0 Å². The Morgan fingerprint density at radius 1 is 1.00 bits per heavy atom. The first-order chi connectivity index (χ1) is 11.9. The quantitative estimate of drug-likeness (QED) is 0.821. The Morgan fingerprint density at radius 2 is 1.77 bits per heavy atom. The van der Waals surface area contributed by atoms with Gasteiger partial charge in [0.25, 0.3) is 5.91 Å². The van der Waals surface area contributed by atoms with Crippen LogP contribution in [0.15, 0.2) is 47.4 Å². The average molecular weight is 393 g/mol. The van der Waals surface area contributed by atoms with Gasteiger partial charge in [-0.25, -0.2) is 8.42 Å². The number of rotatable bonds is 2. The largest absolute Gasteiger partial charge is 0.352 e. The normalized spacial score (nSPS) is 21.8. The van der Waals surface area contributed by atoms with E-state index in [9.17, 15) is 13.2 Å². The minimum atomic E-state index is -3.35. The summed E-state index contributed by atoms with van der Waals surface area (Å²) in [6, 6.07) is 12.7. The first kappa shape index (κ1) is 18.9. The Bertz CT molecular complexity index is 959. The van der Waals surface area contributed by atoms with Crippen LogP contribution < -0.4 is 10.6 Å². The van der Waals surface area contributed by atoms with E-state index in [-0.39, 0.29) is 23.2 Å². The van der Waals surface area contributed by atoms with E-state index in [0.29, 0.717) is 29.5 Å². The first-order valence-electron chi connectivity index (χ1n) is 8.37. The summed E-state index contributed by atoms with van der Waals surface area (Å²) in [4.78, 5) is 12.8. The summed E-state index contributed by atoms with van der Waals surface area (Å²) in [5.41, 5.74) is 3.08. The van der Waals surface area contributed by atoms with E-state index in [4.69, 9.17) is 0 Å². The Morgan fingerprint density at radius 3 is 2.54 bits per heavy atom. The highest BCUT2D eigenvalue weighted by molar-refractivity contribution is 7.90. The van der Waals surface area contributed by atoms with Crippen LogP contribution in [-0.2, 0) is 9.84 Å². The molecular formula is C19H21ClN2O3S. The minimum Gasteiger partial charge on any atom is -0.352 e. The maximum absolute atomic E-state index is 12.6. The Labute approximate surface area is 159 Å². The zero-order valence-electron chi connectivity index (χ0n) is 14.4. The summed E-state index contributed by atoms with van der Waals surface area (Å²) in [7, 11) is -3.35. The summed E-state index contributed by atoms with van der Waals surface area (Å²) >= 11 is 0. The van der Waals surface area contributed by atoms with Crippen molar-refractivity contribution in [1.82, 2.24) is 10.6 Å². The van der Waals surface area contributed by atoms with Crippen molar-refractivity contribution in [1.29, 1.82) is 0 Å². The molecule has 2 N–H and O–H groups in total. The van der Waals surface area contributed by atoms with Gasteiger partial charge in [-0.3, -0.25) is 4.79 Å². The Balaban J connectivity index is 0.00000196. The van der Waals surface area contributed by atoms with E-state index in [1.165, 1.54) is 6.26 Å². The Hall–Kier alpha value is -1.89. The van der Waals surface area contributed by atoms with Gasteiger partial charge in [0.2, 0.25) is 0 Å². The average Bonchev–Trinajstić information content (AvgIpc) is 3.02. The molecule has 0 saturated carbocycles. The van der Waals surface area contributed by atoms with Crippen LogP contribution in [0.5, 0.6) is 0 Å². The molecule has 7 heteroatoms. The van der Waals surface area contributed by atoms with Crippen LogP contribution in [0.1, 0.15) is 21.8 Å². The molecule has 2 aliphatic rings. The van der Waals surface area contributed by atoms with Crippen molar-refractivity contribution in [2.75, 3.05) is 25.9 Å². The molecule has 2 heterocycles. The molecule has 26 heavy (non-hydrogen) atoms. The number of sulfone groups is 1. The summed E-state index contributed by atoms with van der Waals surface area (Å²) in [6.45, 7) is 2.44. The third-order valence-corrected chi connectivity index (χ3v) is 6.31. The highest BCUT2D eigenvalue weighted by atomic mass is 35.5. The zero-order valence-corrected chi connectivity index (χ0v) is 16.0. The second kappa shape index (κ2) is 7.02. The lowest BCUT2D eigenvalue weighted by Crippen LogP contribution is -2.28.